The van der Waals surface area contributed by atoms with Crippen LogP contribution in [-0.4, -0.2) is 25.2 Å². The zero-order chi connectivity index (χ0) is 16.8. The Hall–Kier alpha value is -2.46. The number of nitrogens with one attached hydrogen (secondary N) is 1. The van der Waals surface area contributed by atoms with E-state index < -0.39 is 0 Å². The average Bonchev–Trinajstić information content (AvgIpc) is 3.03. The summed E-state index contributed by atoms with van der Waals surface area (Å²) in [5.74, 6) is 1.67. The second-order valence-electron chi connectivity index (χ2n) is 5.77. The number of hydrogen-bond acceptors (Lipinski definition) is 2. The minimum absolute atomic E-state index is 0.642. The fourth-order valence-corrected chi connectivity index (χ4v) is 3.04. The van der Waals surface area contributed by atoms with Crippen molar-refractivity contribution in [3.63, 3.8) is 0 Å². The van der Waals surface area contributed by atoms with Crippen LogP contribution in [0.3, 0.4) is 0 Å². The number of benzene rings is 2. The number of rotatable bonds is 8. The monoisotopic (exact) mass is 325 g/mol. The Balaban J connectivity index is 1.60. The Kier molecular flexibility index (Phi) is 5.39. The third-order valence-corrected chi connectivity index (χ3v) is 4.23. The van der Waals surface area contributed by atoms with Crippen molar-refractivity contribution in [2.75, 3.05) is 20.3 Å². The van der Waals surface area contributed by atoms with Gasteiger partial charge in [0, 0.05) is 23.5 Å². The van der Waals surface area contributed by atoms with Crippen molar-refractivity contribution in [1.29, 1.82) is 0 Å². The minimum Gasteiger partial charge on any atom is -0.493 e. The number of para-hydroxylation sites is 2. The van der Waals surface area contributed by atoms with E-state index in [0.717, 1.165) is 31.0 Å². The van der Waals surface area contributed by atoms with Gasteiger partial charge < -0.3 is 19.8 Å². The van der Waals surface area contributed by atoms with Crippen LogP contribution in [0.1, 0.15) is 18.1 Å². The second-order valence-corrected chi connectivity index (χ2v) is 5.77. The average molecular weight is 325 g/mol. The van der Waals surface area contributed by atoms with Gasteiger partial charge in [-0.3, -0.25) is 0 Å². The van der Waals surface area contributed by atoms with Crippen molar-refractivity contribution in [2.45, 2.75) is 19.9 Å². The predicted octanol–water partition coefficient (Wildman–Crippen LogP) is 2.88. The molecule has 3 aromatic rings. The summed E-state index contributed by atoms with van der Waals surface area (Å²) in [7, 11) is 1.68. The molecule has 24 heavy (non-hydrogen) atoms. The van der Waals surface area contributed by atoms with E-state index in [9.17, 15) is 0 Å². The van der Waals surface area contributed by atoms with E-state index in [0.29, 0.717) is 6.61 Å². The highest BCUT2D eigenvalue weighted by molar-refractivity contribution is 5.82. The van der Waals surface area contributed by atoms with E-state index in [1.165, 1.54) is 22.0 Å². The third kappa shape index (κ3) is 3.54. The highest BCUT2D eigenvalue weighted by Gasteiger charge is 2.11. The minimum atomic E-state index is 0.642. The molecular formula is C20H25N2O2+. The Morgan fingerprint density at radius 2 is 1.92 bits per heavy atom. The molecule has 4 heteroatoms. The number of fused-ring (bicyclic) bond motifs is 1. The van der Waals surface area contributed by atoms with Crippen LogP contribution in [0.5, 0.6) is 11.5 Å². The van der Waals surface area contributed by atoms with E-state index >= 15 is 0 Å². The fraction of sp³-hybridized carbons (Fsp3) is 0.300. The molecule has 0 unspecified atom stereocenters. The number of methoxy groups -OCH3 is 1. The Labute approximate surface area is 142 Å². The van der Waals surface area contributed by atoms with Crippen LogP contribution in [0.2, 0.25) is 0 Å². The van der Waals surface area contributed by atoms with Crippen molar-refractivity contribution >= 4 is 10.9 Å². The largest absolute Gasteiger partial charge is 0.493 e. The van der Waals surface area contributed by atoms with Gasteiger partial charge in [0.2, 0.25) is 0 Å². The van der Waals surface area contributed by atoms with Crippen molar-refractivity contribution in [1.82, 2.24) is 4.98 Å². The number of H-pyrrole nitrogens is 1. The molecule has 0 saturated heterocycles. The van der Waals surface area contributed by atoms with Gasteiger partial charge >= 0.3 is 0 Å². The zero-order valence-corrected chi connectivity index (χ0v) is 14.3. The molecule has 0 bridgehead atoms. The second kappa shape index (κ2) is 7.88. The first-order valence-corrected chi connectivity index (χ1v) is 8.48. The van der Waals surface area contributed by atoms with Crippen LogP contribution < -0.4 is 14.8 Å². The van der Waals surface area contributed by atoms with Crippen LogP contribution in [0, 0.1) is 0 Å². The van der Waals surface area contributed by atoms with Crippen molar-refractivity contribution < 1.29 is 14.8 Å². The van der Waals surface area contributed by atoms with Crippen molar-refractivity contribution in [2.24, 2.45) is 0 Å². The van der Waals surface area contributed by atoms with Crippen LogP contribution in [0.15, 0.2) is 48.7 Å². The molecule has 3 N–H and O–H groups in total. The lowest BCUT2D eigenvalue weighted by molar-refractivity contribution is -0.670. The first kappa shape index (κ1) is 16.4. The number of nitrogens with two attached hydrogens (primary N) is 1. The first-order valence-electron chi connectivity index (χ1n) is 8.48. The normalized spacial score (nSPS) is 10.9. The molecule has 0 spiro atoms. The molecule has 0 fully saturated rings. The van der Waals surface area contributed by atoms with Crippen LogP contribution in [0.4, 0.5) is 0 Å². The van der Waals surface area contributed by atoms with E-state index in [2.05, 4.69) is 46.8 Å². The van der Waals surface area contributed by atoms with Gasteiger partial charge in [0.05, 0.1) is 25.8 Å². The summed E-state index contributed by atoms with van der Waals surface area (Å²) >= 11 is 0. The lowest BCUT2D eigenvalue weighted by Gasteiger charge is -2.13. The van der Waals surface area contributed by atoms with Gasteiger partial charge in [-0.15, -0.1) is 0 Å². The summed E-state index contributed by atoms with van der Waals surface area (Å²) in [6, 6.07) is 14.5. The quantitative estimate of drug-likeness (QED) is 0.626. The molecule has 1 aromatic heterocycles. The number of hydrogen-bond donors (Lipinski definition) is 2. The molecule has 2 aromatic carbocycles. The maximum absolute atomic E-state index is 5.77. The summed E-state index contributed by atoms with van der Waals surface area (Å²) < 4.78 is 11.2. The summed E-state index contributed by atoms with van der Waals surface area (Å²) in [6.07, 6.45) is 3.16. The van der Waals surface area contributed by atoms with E-state index in [1.807, 2.05) is 19.1 Å². The number of aromatic amines is 1. The third-order valence-electron chi connectivity index (χ3n) is 4.23. The van der Waals surface area contributed by atoms with E-state index in [1.54, 1.807) is 7.11 Å². The van der Waals surface area contributed by atoms with Gasteiger partial charge in [0.25, 0.3) is 0 Å². The van der Waals surface area contributed by atoms with Gasteiger partial charge in [0.1, 0.15) is 6.54 Å². The summed E-state index contributed by atoms with van der Waals surface area (Å²) in [4.78, 5) is 3.34. The maximum atomic E-state index is 5.77. The molecule has 126 valence electrons. The number of aromatic nitrogens is 1. The molecule has 0 atom stereocenters. The van der Waals surface area contributed by atoms with Gasteiger partial charge in [-0.2, -0.15) is 0 Å². The topological polar surface area (TPSA) is 50.9 Å². The molecule has 0 saturated carbocycles. The van der Waals surface area contributed by atoms with Gasteiger partial charge in [-0.25, -0.2) is 0 Å². The molecule has 0 radical (unpaired) electrons. The van der Waals surface area contributed by atoms with E-state index in [-0.39, 0.29) is 0 Å². The fourth-order valence-electron chi connectivity index (χ4n) is 3.04. The van der Waals surface area contributed by atoms with Crippen LogP contribution in [-0.2, 0) is 13.0 Å². The zero-order valence-electron chi connectivity index (χ0n) is 14.3. The number of ether oxygens (including phenoxy) is 2. The molecule has 0 aliphatic rings. The van der Waals surface area contributed by atoms with Crippen molar-refractivity contribution in [3.05, 3.63) is 59.8 Å². The van der Waals surface area contributed by atoms with Crippen LogP contribution in [0.25, 0.3) is 10.9 Å². The number of quaternary nitrogens is 1. The predicted molar refractivity (Wildman–Crippen MR) is 96.7 cm³/mol. The molecule has 3 rings (SSSR count). The van der Waals surface area contributed by atoms with Crippen molar-refractivity contribution in [3.8, 4) is 11.5 Å². The summed E-state index contributed by atoms with van der Waals surface area (Å²) in [5, 5.41) is 3.64. The standard InChI is InChI=1S/C20H24N2O2/c1-3-24-20-16(7-6-10-19(20)23-2)13-21-12-11-15-14-22-18-9-5-4-8-17(15)18/h4-10,14,21-22H,3,11-13H2,1-2H3/p+1. The molecule has 0 amide bonds. The Morgan fingerprint density at radius 1 is 1.04 bits per heavy atom. The first-order chi connectivity index (χ1) is 11.8. The highest BCUT2D eigenvalue weighted by atomic mass is 16.5. The summed E-state index contributed by atoms with van der Waals surface area (Å²) in [5.41, 5.74) is 3.76. The Bertz CT molecular complexity index is 795. The summed E-state index contributed by atoms with van der Waals surface area (Å²) in [6.45, 7) is 4.55. The molecule has 4 nitrogen and oxygen atoms in total. The molecule has 1 heterocycles. The van der Waals surface area contributed by atoms with Gasteiger partial charge in [-0.05, 0) is 30.7 Å². The Morgan fingerprint density at radius 3 is 2.75 bits per heavy atom. The molecular weight excluding hydrogens is 300 g/mol. The SMILES string of the molecule is CCOc1c(C[NH2+]CCc2c[nH]c3ccccc23)cccc1OC. The van der Waals surface area contributed by atoms with E-state index in [4.69, 9.17) is 9.47 Å². The molecule has 0 aliphatic carbocycles. The lowest BCUT2D eigenvalue weighted by Crippen LogP contribution is -2.83. The lowest BCUT2D eigenvalue weighted by atomic mass is 10.1. The maximum Gasteiger partial charge on any atom is 0.169 e. The van der Waals surface area contributed by atoms with Gasteiger partial charge in [0.15, 0.2) is 11.5 Å². The smallest absolute Gasteiger partial charge is 0.169 e. The highest BCUT2D eigenvalue weighted by Crippen LogP contribution is 2.30. The van der Waals surface area contributed by atoms with Crippen LogP contribution >= 0.6 is 0 Å². The molecule has 0 aliphatic heterocycles. The van der Waals surface area contributed by atoms with Gasteiger partial charge in [-0.1, -0.05) is 24.3 Å².